The minimum absolute atomic E-state index is 0.0341. The van der Waals surface area contributed by atoms with Crippen molar-refractivity contribution in [2.24, 2.45) is 0 Å². The first kappa shape index (κ1) is 18.3. The molecular weight excluding hydrogens is 318 g/mol. The van der Waals surface area contributed by atoms with Crippen LogP contribution in [-0.2, 0) is 6.54 Å². The van der Waals surface area contributed by atoms with Crippen LogP contribution < -0.4 is 16.0 Å². The predicted molar refractivity (Wildman–Crippen MR) is 97.7 cm³/mol. The number of carbonyl (C=O) groups excluding carboxylic acids is 2. The summed E-state index contributed by atoms with van der Waals surface area (Å²) in [4.78, 5) is 23.8. The summed E-state index contributed by atoms with van der Waals surface area (Å²) in [5.74, 6) is -0.371. The monoisotopic (exact) mass is 341 g/mol. The third-order valence-corrected chi connectivity index (χ3v) is 3.48. The van der Waals surface area contributed by atoms with Gasteiger partial charge in [0.15, 0.2) is 0 Å². The highest BCUT2D eigenvalue weighted by Gasteiger charge is 2.10. The van der Waals surface area contributed by atoms with Crippen molar-refractivity contribution in [2.75, 3.05) is 5.32 Å². The zero-order valence-corrected chi connectivity index (χ0v) is 14.6. The average molecular weight is 341 g/mol. The van der Waals surface area contributed by atoms with Crippen LogP contribution in [0.2, 0.25) is 0 Å². The van der Waals surface area contributed by atoms with E-state index in [2.05, 4.69) is 16.0 Å². The normalized spacial score (nSPS) is 10.4. The lowest BCUT2D eigenvalue weighted by molar-refractivity contribution is 0.0948. The Kier molecular flexibility index (Phi) is 6.00. The van der Waals surface area contributed by atoms with E-state index in [1.54, 1.807) is 30.3 Å². The van der Waals surface area contributed by atoms with E-state index in [0.717, 1.165) is 11.1 Å². The summed E-state index contributed by atoms with van der Waals surface area (Å²) in [6.07, 6.45) is 0. The molecule has 0 aromatic heterocycles. The van der Waals surface area contributed by atoms with E-state index < -0.39 is 0 Å². The molecule has 0 aliphatic rings. The van der Waals surface area contributed by atoms with Crippen LogP contribution in [0, 0.1) is 6.92 Å². The first-order valence-electron chi connectivity index (χ1n) is 8.09. The SMILES string of the molecule is Cc1ccc(C(=O)NCc2ccc(NC(=O)NC(C)C)cc2)c(O)c1. The molecule has 0 heterocycles. The first-order chi connectivity index (χ1) is 11.8. The largest absolute Gasteiger partial charge is 0.507 e. The molecule has 3 amide bonds. The molecule has 0 atom stereocenters. The zero-order valence-electron chi connectivity index (χ0n) is 14.6. The van der Waals surface area contributed by atoms with Gasteiger partial charge < -0.3 is 21.1 Å². The molecule has 0 aliphatic carbocycles. The fourth-order valence-corrected chi connectivity index (χ4v) is 2.25. The van der Waals surface area contributed by atoms with Crippen LogP contribution in [0.5, 0.6) is 5.75 Å². The molecule has 6 nitrogen and oxygen atoms in total. The third kappa shape index (κ3) is 5.53. The summed E-state index contributed by atoms with van der Waals surface area (Å²) in [7, 11) is 0. The maximum Gasteiger partial charge on any atom is 0.319 e. The molecule has 2 rings (SSSR count). The number of amides is 3. The topological polar surface area (TPSA) is 90.5 Å². The van der Waals surface area contributed by atoms with E-state index in [1.807, 2.05) is 32.9 Å². The van der Waals surface area contributed by atoms with Gasteiger partial charge in [-0.3, -0.25) is 4.79 Å². The summed E-state index contributed by atoms with van der Waals surface area (Å²) in [6, 6.07) is 11.9. The van der Waals surface area contributed by atoms with Crippen molar-refractivity contribution < 1.29 is 14.7 Å². The summed E-state index contributed by atoms with van der Waals surface area (Å²) >= 11 is 0. The van der Waals surface area contributed by atoms with Crippen LogP contribution in [-0.4, -0.2) is 23.1 Å². The Morgan fingerprint density at radius 3 is 2.36 bits per heavy atom. The maximum absolute atomic E-state index is 12.1. The second-order valence-corrected chi connectivity index (χ2v) is 6.15. The standard InChI is InChI=1S/C19H23N3O3/c1-12(2)21-19(25)22-15-7-5-14(6-8-15)11-20-18(24)16-9-4-13(3)10-17(16)23/h4-10,12,23H,11H2,1-3H3,(H,20,24)(H2,21,22,25). The number of hydrogen-bond donors (Lipinski definition) is 4. The van der Waals surface area contributed by atoms with Crippen LogP contribution in [0.25, 0.3) is 0 Å². The molecule has 0 bridgehead atoms. The molecule has 25 heavy (non-hydrogen) atoms. The van der Waals surface area contributed by atoms with Crippen LogP contribution >= 0.6 is 0 Å². The number of benzene rings is 2. The van der Waals surface area contributed by atoms with Gasteiger partial charge in [-0.05, 0) is 56.2 Å². The Morgan fingerprint density at radius 1 is 1.08 bits per heavy atom. The number of nitrogens with one attached hydrogen (secondary N) is 3. The molecule has 0 fully saturated rings. The molecule has 132 valence electrons. The van der Waals surface area contributed by atoms with Gasteiger partial charge >= 0.3 is 6.03 Å². The van der Waals surface area contributed by atoms with Crippen molar-refractivity contribution in [1.29, 1.82) is 0 Å². The van der Waals surface area contributed by atoms with Gasteiger partial charge in [-0.25, -0.2) is 4.79 Å². The smallest absolute Gasteiger partial charge is 0.319 e. The fourth-order valence-electron chi connectivity index (χ4n) is 2.25. The van der Waals surface area contributed by atoms with Crippen LogP contribution in [0.1, 0.15) is 35.3 Å². The Labute approximate surface area is 147 Å². The Balaban J connectivity index is 1.91. The summed E-state index contributed by atoms with van der Waals surface area (Å²) in [5, 5.41) is 18.1. The van der Waals surface area contributed by atoms with Gasteiger partial charge in [-0.1, -0.05) is 18.2 Å². The Hall–Kier alpha value is -3.02. The van der Waals surface area contributed by atoms with Gasteiger partial charge in [-0.15, -0.1) is 0 Å². The van der Waals surface area contributed by atoms with Crippen molar-refractivity contribution in [1.82, 2.24) is 10.6 Å². The summed E-state index contributed by atoms with van der Waals surface area (Å²) in [5.41, 5.74) is 2.69. The van der Waals surface area contributed by atoms with Crippen LogP contribution in [0.4, 0.5) is 10.5 Å². The van der Waals surface area contributed by atoms with Crippen molar-refractivity contribution in [3.8, 4) is 5.75 Å². The number of aromatic hydroxyl groups is 1. The van der Waals surface area contributed by atoms with Crippen molar-refractivity contribution in [2.45, 2.75) is 33.4 Å². The molecule has 0 aliphatic heterocycles. The molecule has 6 heteroatoms. The quantitative estimate of drug-likeness (QED) is 0.673. The number of hydrogen-bond acceptors (Lipinski definition) is 3. The molecule has 0 saturated heterocycles. The Bertz CT molecular complexity index is 755. The van der Waals surface area contributed by atoms with E-state index in [-0.39, 0.29) is 29.3 Å². The van der Waals surface area contributed by atoms with Crippen molar-refractivity contribution in [3.05, 3.63) is 59.2 Å². The molecule has 2 aromatic rings. The molecule has 0 saturated carbocycles. The van der Waals surface area contributed by atoms with Crippen LogP contribution in [0.3, 0.4) is 0 Å². The molecule has 0 radical (unpaired) electrons. The van der Waals surface area contributed by atoms with E-state index in [9.17, 15) is 14.7 Å². The molecule has 2 aromatic carbocycles. The number of urea groups is 1. The van der Waals surface area contributed by atoms with Gasteiger partial charge in [0.2, 0.25) is 0 Å². The van der Waals surface area contributed by atoms with Crippen molar-refractivity contribution >= 4 is 17.6 Å². The fraction of sp³-hybridized carbons (Fsp3) is 0.263. The maximum atomic E-state index is 12.1. The van der Waals surface area contributed by atoms with Gasteiger partial charge in [0.1, 0.15) is 5.75 Å². The second-order valence-electron chi connectivity index (χ2n) is 6.15. The zero-order chi connectivity index (χ0) is 18.4. The van der Waals surface area contributed by atoms with Gasteiger partial charge in [0, 0.05) is 18.3 Å². The lowest BCUT2D eigenvalue weighted by atomic mass is 10.1. The Morgan fingerprint density at radius 2 is 1.76 bits per heavy atom. The number of phenolic OH excluding ortho intramolecular Hbond substituents is 1. The number of rotatable bonds is 5. The highest BCUT2D eigenvalue weighted by molar-refractivity contribution is 5.96. The highest BCUT2D eigenvalue weighted by Crippen LogP contribution is 2.18. The molecule has 0 unspecified atom stereocenters. The number of anilines is 1. The van der Waals surface area contributed by atoms with Gasteiger partial charge in [-0.2, -0.15) is 0 Å². The average Bonchev–Trinajstić information content (AvgIpc) is 2.53. The minimum Gasteiger partial charge on any atom is -0.507 e. The summed E-state index contributed by atoms with van der Waals surface area (Å²) in [6.45, 7) is 5.94. The predicted octanol–water partition coefficient (Wildman–Crippen LogP) is 3.16. The first-order valence-corrected chi connectivity index (χ1v) is 8.09. The van der Waals surface area contributed by atoms with Crippen LogP contribution in [0.15, 0.2) is 42.5 Å². The third-order valence-electron chi connectivity index (χ3n) is 3.48. The molecular formula is C19H23N3O3. The van der Waals surface area contributed by atoms with E-state index in [1.165, 1.54) is 0 Å². The van der Waals surface area contributed by atoms with Gasteiger partial charge in [0.05, 0.1) is 5.56 Å². The highest BCUT2D eigenvalue weighted by atomic mass is 16.3. The van der Waals surface area contributed by atoms with Gasteiger partial charge in [0.25, 0.3) is 5.91 Å². The molecule has 0 spiro atoms. The van der Waals surface area contributed by atoms with E-state index >= 15 is 0 Å². The number of aryl methyl sites for hydroxylation is 1. The number of phenols is 1. The van der Waals surface area contributed by atoms with E-state index in [0.29, 0.717) is 12.2 Å². The molecule has 4 N–H and O–H groups in total. The summed E-state index contributed by atoms with van der Waals surface area (Å²) < 4.78 is 0. The lowest BCUT2D eigenvalue weighted by Crippen LogP contribution is -2.34. The van der Waals surface area contributed by atoms with E-state index in [4.69, 9.17) is 0 Å². The lowest BCUT2D eigenvalue weighted by Gasteiger charge is -2.11. The van der Waals surface area contributed by atoms with Crippen molar-refractivity contribution in [3.63, 3.8) is 0 Å². The number of carbonyl (C=O) groups is 2. The minimum atomic E-state index is -0.337. The second kappa shape index (κ2) is 8.19.